The van der Waals surface area contributed by atoms with Crippen molar-refractivity contribution in [3.63, 3.8) is 0 Å². The molecule has 3 N–H and O–H groups in total. The smallest absolute Gasteiger partial charge is 0.338 e. The quantitative estimate of drug-likeness (QED) is 0.0860. The van der Waals surface area contributed by atoms with Crippen molar-refractivity contribution in [2.24, 2.45) is 0 Å². The van der Waals surface area contributed by atoms with E-state index in [1.807, 2.05) is 0 Å². The molecule has 54 heavy (non-hydrogen) atoms. The number of epoxide rings is 1. The summed E-state index contributed by atoms with van der Waals surface area (Å²) in [4.78, 5) is 111. The lowest BCUT2D eigenvalue weighted by Crippen LogP contribution is -2.72. The molecule has 0 saturated carbocycles. The zero-order valence-electron chi connectivity index (χ0n) is 30.8. The number of nitrogens with one attached hydrogen (secondary N) is 3. The predicted molar refractivity (Wildman–Crippen MR) is 171 cm³/mol. The van der Waals surface area contributed by atoms with E-state index >= 15 is 0 Å². The molecule has 3 amide bonds. The van der Waals surface area contributed by atoms with Crippen LogP contribution >= 0.6 is 0 Å². The maximum atomic E-state index is 13.2. The molecule has 3 fully saturated rings. The number of esters is 6. The molecule has 0 bridgehead atoms. The van der Waals surface area contributed by atoms with Gasteiger partial charge in [0.05, 0.1) is 6.61 Å². The van der Waals surface area contributed by atoms with E-state index in [-0.39, 0.29) is 6.61 Å². The largest absolute Gasteiger partial charge is 0.464 e. The minimum absolute atomic E-state index is 0.0245. The summed E-state index contributed by atoms with van der Waals surface area (Å²) >= 11 is 0. The maximum absolute atomic E-state index is 13.2. The number of carbonyl (C=O) groups excluding carboxylic acids is 9. The molecule has 0 aromatic rings. The average Bonchev–Trinajstić information content (AvgIpc) is 3.85. The Morgan fingerprint density at radius 1 is 0.519 bits per heavy atom. The molecule has 3 aliphatic heterocycles. The Balaban J connectivity index is 2.11. The molecule has 22 heteroatoms. The van der Waals surface area contributed by atoms with Crippen LogP contribution in [0.5, 0.6) is 0 Å². The van der Waals surface area contributed by atoms with E-state index in [4.69, 9.17) is 47.4 Å². The maximum Gasteiger partial charge on any atom is 0.338 e. The highest BCUT2D eigenvalue weighted by Crippen LogP contribution is 2.33. The first kappa shape index (κ1) is 43.5. The fourth-order valence-electron chi connectivity index (χ4n) is 5.79. The molecule has 3 heterocycles. The molecular weight excluding hydrogens is 730 g/mol. The van der Waals surface area contributed by atoms with Crippen LogP contribution in [0, 0.1) is 0 Å². The first-order valence-corrected chi connectivity index (χ1v) is 16.7. The first-order valence-electron chi connectivity index (χ1n) is 16.7. The van der Waals surface area contributed by atoms with Crippen molar-refractivity contribution in [3.8, 4) is 0 Å². The van der Waals surface area contributed by atoms with E-state index < -0.39 is 140 Å². The molecule has 0 aromatic heterocycles. The number of rotatable bonds is 15. The summed E-state index contributed by atoms with van der Waals surface area (Å²) in [6.45, 7) is 7.89. The fraction of sp³-hybridized carbons (Fsp3) is 0.719. The van der Waals surface area contributed by atoms with Crippen LogP contribution in [-0.4, -0.2) is 147 Å². The van der Waals surface area contributed by atoms with Crippen molar-refractivity contribution < 1.29 is 90.5 Å². The van der Waals surface area contributed by atoms with Crippen LogP contribution in [0.3, 0.4) is 0 Å². The zero-order valence-corrected chi connectivity index (χ0v) is 30.8. The van der Waals surface area contributed by atoms with Crippen LogP contribution < -0.4 is 16.0 Å². The summed E-state index contributed by atoms with van der Waals surface area (Å²) in [5.41, 5.74) is 0. The van der Waals surface area contributed by atoms with Gasteiger partial charge in [0.1, 0.15) is 43.6 Å². The standard InChI is InChI=1S/C32H45N3O19/c1-9-45-31(44)28-27(53-28)29(43)35-30-21(33-12(2)36)25(49-17(7)41)24(19(51-30)10-46-14(4)38)54-32-22(34-13(3)37)26(50-18(8)42)23(48-16(6)40)20(52-32)11-47-15(5)39/h19-28,30,32H,9-11H2,1-8H3,(H,33,36)(H,34,37)(H,35,43)/t19-,20-,21-,22-,23-,24-,25-,26-,27+,28+,30-,32+/m1/s1. The van der Waals surface area contributed by atoms with Crippen LogP contribution in [0.2, 0.25) is 0 Å². The van der Waals surface area contributed by atoms with Gasteiger partial charge in [0.25, 0.3) is 5.91 Å². The van der Waals surface area contributed by atoms with E-state index in [2.05, 4.69) is 16.0 Å². The number of carbonyl (C=O) groups is 9. The topological polar surface area (TPSA) is 285 Å². The highest BCUT2D eigenvalue weighted by Gasteiger charge is 2.57. The lowest BCUT2D eigenvalue weighted by molar-refractivity contribution is -0.318. The Morgan fingerprint density at radius 2 is 1.00 bits per heavy atom. The van der Waals surface area contributed by atoms with Crippen LogP contribution in [0.25, 0.3) is 0 Å². The number of hydrogen-bond donors (Lipinski definition) is 3. The molecule has 12 atom stereocenters. The molecule has 302 valence electrons. The van der Waals surface area contributed by atoms with Gasteiger partial charge in [-0.05, 0) is 6.92 Å². The summed E-state index contributed by atoms with van der Waals surface area (Å²) in [6.07, 6.45) is -15.0. The molecule has 0 radical (unpaired) electrons. The van der Waals surface area contributed by atoms with Crippen molar-refractivity contribution >= 4 is 53.5 Å². The second kappa shape index (κ2) is 19.4. The third kappa shape index (κ3) is 12.3. The summed E-state index contributed by atoms with van der Waals surface area (Å²) in [5.74, 6) is -7.30. The van der Waals surface area contributed by atoms with Crippen molar-refractivity contribution in [1.29, 1.82) is 0 Å². The predicted octanol–water partition coefficient (Wildman–Crippen LogP) is -2.80. The van der Waals surface area contributed by atoms with E-state index in [0.29, 0.717) is 0 Å². The summed E-state index contributed by atoms with van der Waals surface area (Å²) in [6, 6.07) is -2.97. The Morgan fingerprint density at radius 3 is 1.48 bits per heavy atom. The molecule has 3 saturated heterocycles. The van der Waals surface area contributed by atoms with Gasteiger partial charge >= 0.3 is 35.8 Å². The SMILES string of the molecule is CCOC(=O)[C@H]1O[C@@H]1C(=O)N[C@@H]1O[C@H](COC(C)=O)[C@@H](O[C@@H]2O[C@H](COC(C)=O)[C@@H](OC(C)=O)[C@H](OC(C)=O)[C@H]2NC(C)=O)[C@H](OC(C)=O)[C@H]1NC(C)=O. The van der Waals surface area contributed by atoms with Gasteiger partial charge < -0.3 is 63.3 Å². The van der Waals surface area contributed by atoms with Gasteiger partial charge in [-0.2, -0.15) is 0 Å². The van der Waals surface area contributed by atoms with Crippen LogP contribution in [0.15, 0.2) is 0 Å². The zero-order chi connectivity index (χ0) is 40.4. The van der Waals surface area contributed by atoms with Crippen LogP contribution in [0.4, 0.5) is 0 Å². The molecule has 22 nitrogen and oxygen atoms in total. The first-order chi connectivity index (χ1) is 25.3. The van der Waals surface area contributed by atoms with Crippen LogP contribution in [-0.2, 0) is 90.5 Å². The minimum Gasteiger partial charge on any atom is -0.464 e. The number of hydrogen-bond acceptors (Lipinski definition) is 19. The van der Waals surface area contributed by atoms with Gasteiger partial charge in [-0.25, -0.2) is 4.79 Å². The molecule has 3 aliphatic rings. The van der Waals surface area contributed by atoms with E-state index in [9.17, 15) is 43.2 Å². The van der Waals surface area contributed by atoms with Crippen molar-refractivity contribution in [2.75, 3.05) is 19.8 Å². The molecule has 3 rings (SSSR count). The third-order valence-corrected chi connectivity index (χ3v) is 7.73. The Bertz CT molecular complexity index is 1460. The molecule has 0 aliphatic carbocycles. The van der Waals surface area contributed by atoms with Crippen molar-refractivity contribution in [1.82, 2.24) is 16.0 Å². The monoisotopic (exact) mass is 775 g/mol. The van der Waals surface area contributed by atoms with E-state index in [1.165, 1.54) is 0 Å². The lowest BCUT2D eigenvalue weighted by Gasteiger charge is -2.49. The van der Waals surface area contributed by atoms with Gasteiger partial charge in [-0.1, -0.05) is 0 Å². The summed E-state index contributed by atoms with van der Waals surface area (Å²) in [5, 5.41) is 7.56. The van der Waals surface area contributed by atoms with E-state index in [1.54, 1.807) is 6.92 Å². The Hall–Kier alpha value is -4.93. The van der Waals surface area contributed by atoms with Crippen molar-refractivity contribution in [2.45, 2.75) is 129 Å². The molecule has 0 unspecified atom stereocenters. The van der Waals surface area contributed by atoms with E-state index in [0.717, 1.165) is 48.5 Å². The highest BCUT2D eigenvalue weighted by atomic mass is 16.7. The van der Waals surface area contributed by atoms with Gasteiger partial charge in [-0.15, -0.1) is 0 Å². The normalized spacial score (nSPS) is 31.3. The van der Waals surface area contributed by atoms with Gasteiger partial charge in [0.2, 0.25) is 11.8 Å². The van der Waals surface area contributed by atoms with Crippen molar-refractivity contribution in [3.05, 3.63) is 0 Å². The number of ether oxygens (including phenoxy) is 10. The second-order valence-electron chi connectivity index (χ2n) is 12.3. The molecule has 0 spiro atoms. The minimum atomic E-state index is -1.74. The highest BCUT2D eigenvalue weighted by molar-refractivity contribution is 5.93. The molecule has 0 aromatic carbocycles. The average molecular weight is 776 g/mol. The molecular formula is C32H45N3O19. The summed E-state index contributed by atoms with van der Waals surface area (Å²) in [7, 11) is 0. The van der Waals surface area contributed by atoms with Gasteiger partial charge in [0, 0.05) is 48.5 Å². The van der Waals surface area contributed by atoms with Gasteiger partial charge in [0.15, 0.2) is 43.0 Å². The number of amides is 3. The lowest BCUT2D eigenvalue weighted by atomic mass is 9.93. The van der Waals surface area contributed by atoms with Crippen LogP contribution in [0.1, 0.15) is 55.4 Å². The third-order valence-electron chi connectivity index (χ3n) is 7.73. The second-order valence-corrected chi connectivity index (χ2v) is 12.3. The Kier molecular flexibility index (Phi) is 15.6. The Labute approximate surface area is 308 Å². The van der Waals surface area contributed by atoms with Gasteiger partial charge in [-0.3, -0.25) is 38.4 Å². The fourth-order valence-corrected chi connectivity index (χ4v) is 5.79. The summed E-state index contributed by atoms with van der Waals surface area (Å²) < 4.78 is 55.5.